The van der Waals surface area contributed by atoms with Crippen molar-refractivity contribution < 1.29 is 52.7 Å². The Morgan fingerprint density at radius 3 is 1.90 bits per heavy atom. The van der Waals surface area contributed by atoms with Crippen molar-refractivity contribution in [3.05, 3.63) is 23.8 Å². The van der Waals surface area contributed by atoms with Crippen LogP contribution >= 0.6 is 0 Å². The van der Waals surface area contributed by atoms with Gasteiger partial charge in [0.15, 0.2) is 11.5 Å². The number of carbonyl (C=O) groups is 4. The number of rotatable bonds is 16. The Morgan fingerprint density at radius 1 is 0.821 bits per heavy atom. The summed E-state index contributed by atoms with van der Waals surface area (Å²) in [7, 11) is 0. The van der Waals surface area contributed by atoms with Crippen LogP contribution in [0.2, 0.25) is 0 Å². The molecule has 1 aromatic carbocycles. The lowest BCUT2D eigenvalue weighted by Crippen LogP contribution is -2.42. The summed E-state index contributed by atoms with van der Waals surface area (Å²) in [5.74, 6) is -1.12. The lowest BCUT2D eigenvalue weighted by Gasteiger charge is -2.19. The Balaban J connectivity index is 3.01. The Labute approximate surface area is 229 Å². The molecule has 0 spiro atoms. The van der Waals surface area contributed by atoms with Gasteiger partial charge in [-0.2, -0.15) is 0 Å². The highest BCUT2D eigenvalue weighted by Crippen LogP contribution is 2.30. The summed E-state index contributed by atoms with van der Waals surface area (Å²) < 4.78 is 30.5. The number of carbonyl (C=O) groups excluding carboxylic acids is 3. The highest BCUT2D eigenvalue weighted by Gasteiger charge is 2.23. The zero-order valence-electron chi connectivity index (χ0n) is 23.5. The second-order valence-corrected chi connectivity index (χ2v) is 9.25. The fraction of sp³-hybridized carbons (Fsp3) is 0.630. The van der Waals surface area contributed by atoms with Gasteiger partial charge in [-0.3, -0.25) is 4.79 Å². The monoisotopic (exact) mass is 555 g/mol. The molecule has 0 aliphatic carbocycles. The quantitative estimate of drug-likeness (QED) is 0.161. The average molecular weight is 556 g/mol. The van der Waals surface area contributed by atoms with Crippen LogP contribution in [0.1, 0.15) is 59.9 Å². The van der Waals surface area contributed by atoms with Crippen LogP contribution in [-0.4, -0.2) is 68.1 Å². The molecule has 4 atom stereocenters. The van der Waals surface area contributed by atoms with Crippen molar-refractivity contribution >= 4 is 24.4 Å². The Kier molecular flexibility index (Phi) is 15.3. The molecule has 0 amide bonds. The molecule has 39 heavy (non-hydrogen) atoms. The first kappa shape index (κ1) is 33.5. The van der Waals surface area contributed by atoms with Crippen LogP contribution in [0.3, 0.4) is 0 Å². The molecule has 0 fully saturated rings. The van der Waals surface area contributed by atoms with E-state index < -0.39 is 36.6 Å². The summed E-state index contributed by atoms with van der Waals surface area (Å²) >= 11 is 0. The minimum absolute atomic E-state index is 0.0293. The van der Waals surface area contributed by atoms with Gasteiger partial charge in [0.05, 0.1) is 19.8 Å². The van der Waals surface area contributed by atoms with Crippen molar-refractivity contribution in [2.45, 2.75) is 73.0 Å². The van der Waals surface area contributed by atoms with Crippen molar-refractivity contribution in [2.24, 2.45) is 11.8 Å². The fourth-order valence-electron chi connectivity index (χ4n) is 2.89. The first-order valence-corrected chi connectivity index (χ1v) is 13.1. The summed E-state index contributed by atoms with van der Waals surface area (Å²) in [6.07, 6.45) is -1.89. The molecule has 0 bridgehead atoms. The van der Waals surface area contributed by atoms with Crippen LogP contribution in [-0.2, 0) is 30.2 Å². The topological polar surface area (TPSA) is 156 Å². The maximum atomic E-state index is 12.3. The number of ether oxygens (including phenoxy) is 6. The number of carboxylic acid groups (broad SMARTS) is 1. The van der Waals surface area contributed by atoms with Crippen molar-refractivity contribution in [2.75, 3.05) is 26.4 Å². The van der Waals surface area contributed by atoms with Crippen molar-refractivity contribution in [1.29, 1.82) is 0 Å². The van der Waals surface area contributed by atoms with Crippen LogP contribution in [0.15, 0.2) is 18.2 Å². The van der Waals surface area contributed by atoms with Gasteiger partial charge in [-0.1, -0.05) is 46.6 Å². The van der Waals surface area contributed by atoms with E-state index in [1.54, 1.807) is 13.8 Å². The second kappa shape index (κ2) is 17.9. The minimum Gasteiger partial charge on any atom is -0.480 e. The molecule has 12 nitrogen and oxygen atoms in total. The molecule has 220 valence electrons. The SMILES string of the molecule is CCOC(=O)OC(C)CN[C@@H](Cc1ccc(OC(=O)OCC(C)CC)c(OC(=O)OCC(C)CC)c1)C(=O)O. The van der Waals surface area contributed by atoms with Crippen LogP contribution in [0, 0.1) is 11.8 Å². The molecule has 0 saturated heterocycles. The number of aliphatic carboxylic acids is 1. The summed E-state index contributed by atoms with van der Waals surface area (Å²) in [6.45, 7) is 11.5. The molecular formula is C27H41NO11. The molecular weight excluding hydrogens is 514 g/mol. The molecule has 0 heterocycles. The van der Waals surface area contributed by atoms with E-state index in [2.05, 4.69) is 5.32 Å². The molecule has 1 rings (SSSR count). The van der Waals surface area contributed by atoms with E-state index in [9.17, 15) is 24.3 Å². The molecule has 0 radical (unpaired) electrons. The van der Waals surface area contributed by atoms with Gasteiger partial charge in [0.2, 0.25) is 0 Å². The van der Waals surface area contributed by atoms with Gasteiger partial charge in [0.25, 0.3) is 0 Å². The Hall–Kier alpha value is -3.54. The standard InChI is InChI=1S/C27H41NO11/c1-7-17(4)15-35-26(32)38-22-11-10-20(13-23(22)39-27(33)36-16-18(5)8-2)12-21(24(29)30)28-14-19(6)37-25(31)34-9-3/h10-11,13,17-19,21,28H,7-9,12,14-16H2,1-6H3,(H,29,30)/t17?,18?,19?,21-/m0/s1. The summed E-state index contributed by atoms with van der Waals surface area (Å²) in [4.78, 5) is 47.8. The molecule has 3 unspecified atom stereocenters. The lowest BCUT2D eigenvalue weighted by atomic mass is 10.0. The Bertz CT molecular complexity index is 936. The number of carboxylic acids is 1. The van der Waals surface area contributed by atoms with Crippen molar-refractivity contribution in [3.8, 4) is 11.5 Å². The number of hydrogen-bond donors (Lipinski definition) is 2. The smallest absolute Gasteiger partial charge is 0.480 e. The lowest BCUT2D eigenvalue weighted by molar-refractivity contribution is -0.139. The van der Waals surface area contributed by atoms with E-state index in [0.717, 1.165) is 12.8 Å². The van der Waals surface area contributed by atoms with Gasteiger partial charge in [-0.25, -0.2) is 14.4 Å². The molecule has 0 aromatic heterocycles. The summed E-state index contributed by atoms with van der Waals surface area (Å²) in [6, 6.07) is 3.22. The van der Waals surface area contributed by atoms with E-state index in [4.69, 9.17) is 28.4 Å². The first-order valence-electron chi connectivity index (χ1n) is 13.1. The fourth-order valence-corrected chi connectivity index (χ4v) is 2.89. The number of hydrogen-bond acceptors (Lipinski definition) is 11. The van der Waals surface area contributed by atoms with Crippen LogP contribution in [0.5, 0.6) is 11.5 Å². The number of nitrogens with one attached hydrogen (secondary N) is 1. The Morgan fingerprint density at radius 2 is 1.38 bits per heavy atom. The predicted molar refractivity (Wildman–Crippen MR) is 140 cm³/mol. The summed E-state index contributed by atoms with van der Waals surface area (Å²) in [5.41, 5.74) is 0.457. The highest BCUT2D eigenvalue weighted by atomic mass is 16.7. The van der Waals surface area contributed by atoms with E-state index in [-0.39, 0.29) is 56.1 Å². The van der Waals surface area contributed by atoms with E-state index >= 15 is 0 Å². The largest absolute Gasteiger partial charge is 0.513 e. The average Bonchev–Trinajstić information content (AvgIpc) is 2.89. The van der Waals surface area contributed by atoms with Gasteiger partial charge < -0.3 is 38.8 Å². The van der Waals surface area contributed by atoms with E-state index in [0.29, 0.717) is 5.56 Å². The van der Waals surface area contributed by atoms with E-state index in [1.165, 1.54) is 18.2 Å². The third-order valence-corrected chi connectivity index (χ3v) is 5.71. The molecule has 1 aromatic rings. The first-order chi connectivity index (χ1) is 18.5. The third-order valence-electron chi connectivity index (χ3n) is 5.71. The third kappa shape index (κ3) is 13.7. The minimum atomic E-state index is -1.15. The molecule has 12 heteroatoms. The maximum Gasteiger partial charge on any atom is 0.513 e. The van der Waals surface area contributed by atoms with Gasteiger partial charge >= 0.3 is 24.4 Å². The van der Waals surface area contributed by atoms with Gasteiger partial charge in [0, 0.05) is 6.54 Å². The van der Waals surface area contributed by atoms with Crippen LogP contribution < -0.4 is 14.8 Å². The van der Waals surface area contributed by atoms with Crippen molar-refractivity contribution in [3.63, 3.8) is 0 Å². The maximum absolute atomic E-state index is 12.3. The predicted octanol–water partition coefficient (Wildman–Crippen LogP) is 4.96. The van der Waals surface area contributed by atoms with Crippen LogP contribution in [0.4, 0.5) is 14.4 Å². The number of benzene rings is 1. The molecule has 0 aliphatic rings. The normalized spacial score (nSPS) is 13.8. The molecule has 0 aliphatic heterocycles. The highest BCUT2D eigenvalue weighted by molar-refractivity contribution is 5.74. The van der Waals surface area contributed by atoms with Crippen molar-refractivity contribution in [1.82, 2.24) is 5.32 Å². The molecule has 0 saturated carbocycles. The zero-order valence-corrected chi connectivity index (χ0v) is 23.5. The van der Waals surface area contributed by atoms with E-state index in [1.807, 2.05) is 27.7 Å². The summed E-state index contributed by atoms with van der Waals surface area (Å²) in [5, 5.41) is 12.5. The second-order valence-electron chi connectivity index (χ2n) is 9.25. The van der Waals surface area contributed by atoms with Gasteiger partial charge in [-0.05, 0) is 49.8 Å². The van der Waals surface area contributed by atoms with Crippen LogP contribution in [0.25, 0.3) is 0 Å². The van der Waals surface area contributed by atoms with Gasteiger partial charge in [0.1, 0.15) is 12.1 Å². The molecule has 2 N–H and O–H groups in total. The zero-order chi connectivity index (χ0) is 29.4. The van der Waals surface area contributed by atoms with Gasteiger partial charge in [-0.15, -0.1) is 0 Å².